The lowest BCUT2D eigenvalue weighted by Gasteiger charge is -2.03. The molecule has 1 aromatic rings. The Bertz CT molecular complexity index is 434. The van der Waals surface area contributed by atoms with Crippen molar-refractivity contribution in [3.8, 4) is 0 Å². The largest absolute Gasteiger partial charge is 0.469 e. The lowest BCUT2D eigenvalue weighted by atomic mass is 10.2. The van der Waals surface area contributed by atoms with Crippen LogP contribution in [0.15, 0.2) is 5.38 Å². The van der Waals surface area contributed by atoms with E-state index in [4.69, 9.17) is 0 Å². The van der Waals surface area contributed by atoms with Gasteiger partial charge in [0, 0.05) is 18.3 Å². The second-order valence-electron chi connectivity index (χ2n) is 4.31. The number of rotatable bonds is 8. The Kier molecular flexibility index (Phi) is 7.64. The predicted molar refractivity (Wildman–Crippen MR) is 79.0 cm³/mol. The summed E-state index contributed by atoms with van der Waals surface area (Å²) >= 11 is 1.38. The van der Waals surface area contributed by atoms with Crippen LogP contribution in [0.5, 0.6) is 0 Å². The first-order valence-corrected chi connectivity index (χ1v) is 7.59. The molecule has 112 valence electrons. The smallest absolute Gasteiger partial charge is 0.321 e. The zero-order valence-electron chi connectivity index (χ0n) is 11.9. The summed E-state index contributed by atoms with van der Waals surface area (Å²) in [7, 11) is 1.38. The second-order valence-corrected chi connectivity index (χ2v) is 5.17. The highest BCUT2D eigenvalue weighted by Crippen LogP contribution is 2.16. The standard InChI is InChI=1S/C13H21N3O3S/c1-3-4-8-14-12(18)16-13-15-10(9-20-13)6-5-7-11(17)19-2/h9H,3-8H2,1-2H3,(H2,14,15,16,18). The van der Waals surface area contributed by atoms with Gasteiger partial charge in [0.1, 0.15) is 0 Å². The number of ether oxygens (including phenoxy) is 1. The van der Waals surface area contributed by atoms with Gasteiger partial charge in [-0.25, -0.2) is 9.78 Å². The number of aryl methyl sites for hydroxylation is 1. The number of thiazole rings is 1. The van der Waals surface area contributed by atoms with Gasteiger partial charge in [0.2, 0.25) is 0 Å². The molecule has 0 saturated heterocycles. The van der Waals surface area contributed by atoms with E-state index < -0.39 is 0 Å². The fourth-order valence-electron chi connectivity index (χ4n) is 1.52. The number of methoxy groups -OCH3 is 1. The van der Waals surface area contributed by atoms with Crippen LogP contribution in [0, 0.1) is 0 Å². The molecule has 0 spiro atoms. The van der Waals surface area contributed by atoms with Crippen molar-refractivity contribution < 1.29 is 14.3 Å². The van der Waals surface area contributed by atoms with Crippen LogP contribution in [0.4, 0.5) is 9.93 Å². The Hall–Kier alpha value is -1.63. The Morgan fingerprint density at radius 1 is 1.40 bits per heavy atom. The maximum Gasteiger partial charge on any atom is 0.321 e. The number of hydrogen-bond donors (Lipinski definition) is 2. The zero-order valence-corrected chi connectivity index (χ0v) is 12.7. The molecule has 0 aromatic carbocycles. The fourth-order valence-corrected chi connectivity index (χ4v) is 2.25. The van der Waals surface area contributed by atoms with Crippen molar-refractivity contribution in [3.63, 3.8) is 0 Å². The van der Waals surface area contributed by atoms with E-state index in [0.29, 0.717) is 30.9 Å². The molecule has 6 nitrogen and oxygen atoms in total. The molecule has 2 amide bonds. The normalized spacial score (nSPS) is 10.1. The van der Waals surface area contributed by atoms with Crippen molar-refractivity contribution in [1.29, 1.82) is 0 Å². The molecule has 0 fully saturated rings. The number of nitrogens with zero attached hydrogens (tertiary/aromatic N) is 1. The van der Waals surface area contributed by atoms with Crippen molar-refractivity contribution in [2.45, 2.75) is 39.0 Å². The van der Waals surface area contributed by atoms with Crippen LogP contribution >= 0.6 is 11.3 Å². The van der Waals surface area contributed by atoms with Crippen LogP contribution in [0.2, 0.25) is 0 Å². The molecular formula is C13H21N3O3S. The molecule has 20 heavy (non-hydrogen) atoms. The molecule has 0 aliphatic carbocycles. The fraction of sp³-hybridized carbons (Fsp3) is 0.615. The summed E-state index contributed by atoms with van der Waals surface area (Å²) in [6.07, 6.45) is 3.78. The number of carbonyl (C=O) groups excluding carboxylic acids is 2. The number of carbonyl (C=O) groups is 2. The molecular weight excluding hydrogens is 278 g/mol. The first-order valence-electron chi connectivity index (χ1n) is 6.71. The number of anilines is 1. The van der Waals surface area contributed by atoms with Gasteiger partial charge in [-0.15, -0.1) is 11.3 Å². The third-order valence-corrected chi connectivity index (χ3v) is 3.44. The van der Waals surface area contributed by atoms with Crippen molar-refractivity contribution >= 4 is 28.5 Å². The maximum absolute atomic E-state index is 11.5. The summed E-state index contributed by atoms with van der Waals surface area (Å²) in [6, 6.07) is -0.228. The summed E-state index contributed by atoms with van der Waals surface area (Å²) in [5.74, 6) is -0.214. The summed E-state index contributed by atoms with van der Waals surface area (Å²) in [4.78, 5) is 26.8. The molecule has 1 aromatic heterocycles. The van der Waals surface area contributed by atoms with Gasteiger partial charge in [-0.05, 0) is 19.3 Å². The van der Waals surface area contributed by atoms with Crippen LogP contribution in [0.3, 0.4) is 0 Å². The van der Waals surface area contributed by atoms with Gasteiger partial charge < -0.3 is 10.1 Å². The van der Waals surface area contributed by atoms with Gasteiger partial charge in [-0.1, -0.05) is 13.3 Å². The molecule has 2 N–H and O–H groups in total. The van der Waals surface area contributed by atoms with Gasteiger partial charge >= 0.3 is 12.0 Å². The second kappa shape index (κ2) is 9.30. The molecule has 1 rings (SSSR count). The van der Waals surface area contributed by atoms with E-state index in [1.165, 1.54) is 18.4 Å². The highest BCUT2D eigenvalue weighted by molar-refractivity contribution is 7.13. The lowest BCUT2D eigenvalue weighted by Crippen LogP contribution is -2.29. The molecule has 0 aliphatic heterocycles. The number of urea groups is 1. The van der Waals surface area contributed by atoms with Crippen LogP contribution < -0.4 is 10.6 Å². The molecule has 0 atom stereocenters. The summed E-state index contributed by atoms with van der Waals surface area (Å²) in [6.45, 7) is 2.74. The Labute approximate surface area is 122 Å². The minimum Gasteiger partial charge on any atom is -0.469 e. The van der Waals surface area contributed by atoms with Gasteiger partial charge in [0.15, 0.2) is 5.13 Å². The Morgan fingerprint density at radius 3 is 2.90 bits per heavy atom. The van der Waals surface area contributed by atoms with Crippen molar-refractivity contribution in [2.75, 3.05) is 19.0 Å². The van der Waals surface area contributed by atoms with Gasteiger partial charge in [0.05, 0.1) is 12.8 Å². The van der Waals surface area contributed by atoms with E-state index in [2.05, 4.69) is 27.3 Å². The third kappa shape index (κ3) is 6.51. The quantitative estimate of drug-likeness (QED) is 0.571. The molecule has 1 heterocycles. The number of esters is 1. The van der Waals surface area contributed by atoms with Gasteiger partial charge in [-0.3, -0.25) is 10.1 Å². The van der Waals surface area contributed by atoms with E-state index in [1.54, 1.807) is 0 Å². The molecule has 0 bridgehead atoms. The Morgan fingerprint density at radius 2 is 2.20 bits per heavy atom. The maximum atomic E-state index is 11.5. The van der Waals surface area contributed by atoms with Crippen molar-refractivity contribution in [1.82, 2.24) is 10.3 Å². The topological polar surface area (TPSA) is 80.3 Å². The molecule has 0 unspecified atom stereocenters. The average molecular weight is 299 g/mol. The van der Waals surface area contributed by atoms with Crippen molar-refractivity contribution in [2.24, 2.45) is 0 Å². The highest BCUT2D eigenvalue weighted by Gasteiger charge is 2.07. The van der Waals surface area contributed by atoms with E-state index >= 15 is 0 Å². The van der Waals surface area contributed by atoms with Gasteiger partial charge in [-0.2, -0.15) is 0 Å². The van der Waals surface area contributed by atoms with Crippen LogP contribution in [-0.4, -0.2) is 30.6 Å². The Balaban J connectivity index is 2.28. The number of unbranched alkanes of at least 4 members (excludes halogenated alkanes) is 1. The zero-order chi connectivity index (χ0) is 14.8. The number of amides is 2. The van der Waals surface area contributed by atoms with Crippen LogP contribution in [0.1, 0.15) is 38.3 Å². The molecule has 0 aliphatic rings. The predicted octanol–water partition coefficient (Wildman–Crippen LogP) is 2.56. The third-order valence-electron chi connectivity index (χ3n) is 2.63. The minimum absolute atomic E-state index is 0.214. The van der Waals surface area contributed by atoms with E-state index in [1.807, 2.05) is 5.38 Å². The molecule has 7 heteroatoms. The van der Waals surface area contributed by atoms with E-state index in [9.17, 15) is 9.59 Å². The first kappa shape index (κ1) is 16.4. The monoisotopic (exact) mass is 299 g/mol. The number of nitrogens with one attached hydrogen (secondary N) is 2. The van der Waals surface area contributed by atoms with Crippen LogP contribution in [0.25, 0.3) is 0 Å². The SMILES string of the molecule is CCCCNC(=O)Nc1nc(CCCC(=O)OC)cs1. The highest BCUT2D eigenvalue weighted by atomic mass is 32.1. The first-order chi connectivity index (χ1) is 9.65. The van der Waals surface area contributed by atoms with Crippen molar-refractivity contribution in [3.05, 3.63) is 11.1 Å². The van der Waals surface area contributed by atoms with Crippen LogP contribution in [-0.2, 0) is 16.0 Å². The average Bonchev–Trinajstić information content (AvgIpc) is 2.86. The van der Waals surface area contributed by atoms with Gasteiger partial charge in [0.25, 0.3) is 0 Å². The van der Waals surface area contributed by atoms with E-state index in [0.717, 1.165) is 18.5 Å². The summed E-state index contributed by atoms with van der Waals surface area (Å²) < 4.78 is 4.57. The summed E-state index contributed by atoms with van der Waals surface area (Å²) in [5.41, 5.74) is 0.878. The lowest BCUT2D eigenvalue weighted by molar-refractivity contribution is -0.140. The van der Waals surface area contributed by atoms with E-state index in [-0.39, 0.29) is 12.0 Å². The minimum atomic E-state index is -0.228. The summed E-state index contributed by atoms with van der Waals surface area (Å²) in [5, 5.41) is 7.92. The number of hydrogen-bond acceptors (Lipinski definition) is 5. The molecule has 0 saturated carbocycles. The number of aromatic nitrogens is 1. The molecule has 0 radical (unpaired) electrons.